The van der Waals surface area contributed by atoms with E-state index in [1.807, 2.05) is 0 Å². The van der Waals surface area contributed by atoms with Crippen LogP contribution in [0.25, 0.3) is 0 Å². The summed E-state index contributed by atoms with van der Waals surface area (Å²) in [6.07, 6.45) is 6.49. The number of pyridine rings is 1. The largest absolute Gasteiger partial charge is 0.323 e. The second-order valence-corrected chi connectivity index (χ2v) is 3.66. The zero-order valence-corrected chi connectivity index (χ0v) is 9.37. The Morgan fingerprint density at radius 1 is 1.53 bits per heavy atom. The van der Waals surface area contributed by atoms with Crippen molar-refractivity contribution in [1.29, 1.82) is 0 Å². The quantitative estimate of drug-likeness (QED) is 0.803. The average molecular weight is 231 g/mol. The first-order valence-electron chi connectivity index (χ1n) is 5.12. The van der Waals surface area contributed by atoms with Crippen LogP contribution in [0.1, 0.15) is 11.6 Å². The number of nitrogens with one attached hydrogen (secondary N) is 1. The minimum absolute atomic E-state index is 0.286. The van der Waals surface area contributed by atoms with Gasteiger partial charge in [-0.3, -0.25) is 14.5 Å². The Bertz CT molecular complexity index is 508. The van der Waals surface area contributed by atoms with Gasteiger partial charge in [-0.25, -0.2) is 0 Å². The van der Waals surface area contributed by atoms with Gasteiger partial charge < -0.3 is 11.1 Å². The summed E-state index contributed by atoms with van der Waals surface area (Å²) < 4.78 is 1.60. The number of aryl methyl sites for hydroxylation is 1. The van der Waals surface area contributed by atoms with E-state index >= 15 is 0 Å². The predicted octanol–water partition coefficient (Wildman–Crippen LogP) is 0.454. The molecule has 0 saturated heterocycles. The molecular weight excluding hydrogens is 218 g/mol. The van der Waals surface area contributed by atoms with Crippen molar-refractivity contribution >= 4 is 11.6 Å². The molecule has 0 saturated carbocycles. The summed E-state index contributed by atoms with van der Waals surface area (Å²) in [5, 5.41) is 6.66. The van der Waals surface area contributed by atoms with Crippen LogP contribution in [0, 0.1) is 0 Å². The molecule has 1 unspecified atom stereocenters. The maximum Gasteiger partial charge on any atom is 0.246 e. The second kappa shape index (κ2) is 4.75. The van der Waals surface area contributed by atoms with Gasteiger partial charge in [-0.15, -0.1) is 0 Å². The van der Waals surface area contributed by atoms with E-state index < -0.39 is 6.04 Å². The van der Waals surface area contributed by atoms with E-state index in [1.165, 1.54) is 0 Å². The van der Waals surface area contributed by atoms with Crippen LogP contribution in [0.3, 0.4) is 0 Å². The summed E-state index contributed by atoms with van der Waals surface area (Å²) in [5.41, 5.74) is 7.11. The maximum absolute atomic E-state index is 11.8. The lowest BCUT2D eigenvalue weighted by Crippen LogP contribution is -2.27. The molecule has 6 heteroatoms. The first kappa shape index (κ1) is 11.3. The number of nitrogens with zero attached hydrogens (tertiary/aromatic N) is 3. The fourth-order valence-electron chi connectivity index (χ4n) is 1.41. The summed E-state index contributed by atoms with van der Waals surface area (Å²) in [6, 6.07) is 2.76. The van der Waals surface area contributed by atoms with Crippen molar-refractivity contribution in [2.45, 2.75) is 6.04 Å². The number of carbonyl (C=O) groups excluding carboxylic acids is 1. The topological polar surface area (TPSA) is 85.8 Å². The van der Waals surface area contributed by atoms with Crippen LogP contribution < -0.4 is 11.1 Å². The number of hydrogen-bond donors (Lipinski definition) is 2. The van der Waals surface area contributed by atoms with E-state index in [0.29, 0.717) is 11.3 Å². The van der Waals surface area contributed by atoms with Crippen LogP contribution in [-0.2, 0) is 11.8 Å². The van der Waals surface area contributed by atoms with E-state index in [1.54, 1.807) is 48.6 Å². The standard InChI is InChI=1S/C11H13N5O/c1-16-7-8(5-14-16)10(12)11(17)15-9-3-2-4-13-6-9/h2-7,10H,12H2,1H3,(H,15,17). The maximum atomic E-state index is 11.8. The highest BCUT2D eigenvalue weighted by molar-refractivity contribution is 5.95. The first-order valence-corrected chi connectivity index (χ1v) is 5.12. The van der Waals surface area contributed by atoms with Crippen LogP contribution >= 0.6 is 0 Å². The van der Waals surface area contributed by atoms with Gasteiger partial charge in [0.2, 0.25) is 5.91 Å². The molecular formula is C11H13N5O. The Kier molecular flexibility index (Phi) is 3.15. The molecule has 17 heavy (non-hydrogen) atoms. The molecule has 3 N–H and O–H groups in total. The van der Waals surface area contributed by atoms with E-state index in [9.17, 15) is 4.79 Å². The van der Waals surface area contributed by atoms with Crippen molar-refractivity contribution < 1.29 is 4.79 Å². The third-order valence-electron chi connectivity index (χ3n) is 2.30. The van der Waals surface area contributed by atoms with Gasteiger partial charge in [0.1, 0.15) is 6.04 Å². The molecule has 0 aliphatic heterocycles. The zero-order valence-electron chi connectivity index (χ0n) is 9.37. The normalized spacial score (nSPS) is 12.1. The van der Waals surface area contributed by atoms with Crippen molar-refractivity contribution in [3.8, 4) is 0 Å². The number of anilines is 1. The van der Waals surface area contributed by atoms with Gasteiger partial charge in [-0.05, 0) is 12.1 Å². The van der Waals surface area contributed by atoms with E-state index in [0.717, 1.165) is 0 Å². The molecule has 0 radical (unpaired) electrons. The average Bonchev–Trinajstić information content (AvgIpc) is 2.76. The van der Waals surface area contributed by atoms with Gasteiger partial charge in [0.15, 0.2) is 0 Å². The number of rotatable bonds is 3. The minimum atomic E-state index is -0.732. The fraction of sp³-hybridized carbons (Fsp3) is 0.182. The molecule has 88 valence electrons. The van der Waals surface area contributed by atoms with Crippen molar-refractivity contribution in [1.82, 2.24) is 14.8 Å². The highest BCUT2D eigenvalue weighted by atomic mass is 16.2. The molecule has 0 fully saturated rings. The third-order valence-corrected chi connectivity index (χ3v) is 2.30. The number of carbonyl (C=O) groups is 1. The van der Waals surface area contributed by atoms with Gasteiger partial charge in [-0.2, -0.15) is 5.10 Å². The highest BCUT2D eigenvalue weighted by Crippen LogP contribution is 2.12. The minimum Gasteiger partial charge on any atom is -0.323 e. The lowest BCUT2D eigenvalue weighted by atomic mass is 10.1. The smallest absolute Gasteiger partial charge is 0.246 e. The lowest BCUT2D eigenvalue weighted by Gasteiger charge is -2.09. The molecule has 2 rings (SSSR count). The molecule has 6 nitrogen and oxygen atoms in total. The van der Waals surface area contributed by atoms with E-state index in [4.69, 9.17) is 5.73 Å². The van der Waals surface area contributed by atoms with Gasteiger partial charge in [0.05, 0.1) is 18.1 Å². The molecule has 1 amide bonds. The van der Waals surface area contributed by atoms with Crippen molar-refractivity contribution in [2.75, 3.05) is 5.32 Å². The molecule has 2 heterocycles. The van der Waals surface area contributed by atoms with Crippen molar-refractivity contribution in [3.63, 3.8) is 0 Å². The van der Waals surface area contributed by atoms with Gasteiger partial charge in [0.25, 0.3) is 0 Å². The summed E-state index contributed by atoms with van der Waals surface area (Å²) in [7, 11) is 1.77. The van der Waals surface area contributed by atoms with Crippen LogP contribution in [0.5, 0.6) is 0 Å². The number of aromatic nitrogens is 3. The Balaban J connectivity index is 2.06. The van der Waals surface area contributed by atoms with Crippen molar-refractivity contribution in [2.24, 2.45) is 12.8 Å². The molecule has 0 bridgehead atoms. The molecule has 2 aromatic heterocycles. The van der Waals surface area contributed by atoms with Gasteiger partial charge >= 0.3 is 0 Å². The third kappa shape index (κ3) is 2.67. The molecule has 1 atom stereocenters. The Morgan fingerprint density at radius 3 is 2.94 bits per heavy atom. The fourth-order valence-corrected chi connectivity index (χ4v) is 1.41. The summed E-state index contributed by atoms with van der Waals surface area (Å²) in [5.74, 6) is -0.286. The van der Waals surface area contributed by atoms with Crippen LogP contribution in [-0.4, -0.2) is 20.7 Å². The van der Waals surface area contributed by atoms with E-state index in [-0.39, 0.29) is 5.91 Å². The number of amides is 1. The van der Waals surface area contributed by atoms with Crippen LogP contribution in [0.15, 0.2) is 36.9 Å². The summed E-state index contributed by atoms with van der Waals surface area (Å²) in [6.45, 7) is 0. The molecule has 0 spiro atoms. The summed E-state index contributed by atoms with van der Waals surface area (Å²) >= 11 is 0. The Hall–Kier alpha value is -2.21. The molecule has 0 aliphatic rings. The van der Waals surface area contributed by atoms with E-state index in [2.05, 4.69) is 15.4 Å². The molecule has 0 aliphatic carbocycles. The number of nitrogens with two attached hydrogens (primary N) is 1. The molecule has 2 aromatic rings. The monoisotopic (exact) mass is 231 g/mol. The first-order chi connectivity index (χ1) is 8.16. The van der Waals surface area contributed by atoms with Gasteiger partial charge in [0, 0.05) is 25.0 Å². The SMILES string of the molecule is Cn1cc(C(N)C(=O)Nc2cccnc2)cn1. The zero-order chi connectivity index (χ0) is 12.3. The second-order valence-electron chi connectivity index (χ2n) is 3.66. The van der Waals surface area contributed by atoms with Crippen LogP contribution in [0.4, 0.5) is 5.69 Å². The van der Waals surface area contributed by atoms with Gasteiger partial charge in [-0.1, -0.05) is 0 Å². The van der Waals surface area contributed by atoms with Crippen LogP contribution in [0.2, 0.25) is 0 Å². The predicted molar refractivity (Wildman–Crippen MR) is 63.0 cm³/mol. The molecule has 0 aromatic carbocycles. The lowest BCUT2D eigenvalue weighted by molar-refractivity contribution is -0.117. The van der Waals surface area contributed by atoms with Crippen molar-refractivity contribution in [3.05, 3.63) is 42.5 Å². The summed E-state index contributed by atoms with van der Waals surface area (Å²) in [4.78, 5) is 15.7. The number of hydrogen-bond acceptors (Lipinski definition) is 4. The Labute approximate surface area is 98.5 Å². The highest BCUT2D eigenvalue weighted by Gasteiger charge is 2.17. The Morgan fingerprint density at radius 2 is 2.35 bits per heavy atom.